The predicted molar refractivity (Wildman–Crippen MR) is 127 cm³/mol. The van der Waals surface area contributed by atoms with Gasteiger partial charge in [0.05, 0.1) is 24.5 Å². The minimum absolute atomic E-state index is 0.0756. The Morgan fingerprint density at radius 2 is 1.72 bits per heavy atom. The number of anilines is 2. The van der Waals surface area contributed by atoms with E-state index in [-0.39, 0.29) is 17.7 Å². The van der Waals surface area contributed by atoms with Crippen LogP contribution < -0.4 is 15.5 Å². The van der Waals surface area contributed by atoms with Crippen LogP contribution in [0.15, 0.2) is 30.3 Å². The number of morpholine rings is 1. The first-order chi connectivity index (χ1) is 15.4. The summed E-state index contributed by atoms with van der Waals surface area (Å²) < 4.78 is 5.50. The molecule has 1 saturated heterocycles. The summed E-state index contributed by atoms with van der Waals surface area (Å²) in [5.74, 6) is 0.0836. The van der Waals surface area contributed by atoms with Crippen molar-refractivity contribution < 1.29 is 14.3 Å². The van der Waals surface area contributed by atoms with Gasteiger partial charge in [0, 0.05) is 31.2 Å². The average Bonchev–Trinajstić information content (AvgIpc) is 2.72. The first-order valence-electron chi connectivity index (χ1n) is 11.5. The highest BCUT2D eigenvalue weighted by atomic mass is 16.5. The molecule has 0 aromatic heterocycles. The third-order valence-electron chi connectivity index (χ3n) is 6.60. The van der Waals surface area contributed by atoms with Crippen molar-refractivity contribution in [3.8, 4) is 0 Å². The number of carbonyl (C=O) groups is 2. The number of carbonyl (C=O) groups excluding carboxylic acids is 2. The molecule has 0 radical (unpaired) electrons. The topological polar surface area (TPSA) is 70.7 Å². The summed E-state index contributed by atoms with van der Waals surface area (Å²) in [6.45, 7) is 9.43. The van der Waals surface area contributed by atoms with Crippen molar-refractivity contribution in [2.24, 2.45) is 5.92 Å². The lowest BCUT2D eigenvalue weighted by molar-refractivity contribution is -0.122. The monoisotopic (exact) mass is 435 g/mol. The number of aryl methyl sites for hydroxylation is 3. The molecule has 2 aliphatic rings. The van der Waals surface area contributed by atoms with E-state index in [4.69, 9.17) is 4.74 Å². The van der Waals surface area contributed by atoms with Crippen molar-refractivity contribution in [3.05, 3.63) is 58.1 Å². The quantitative estimate of drug-likeness (QED) is 0.716. The Hall–Kier alpha value is -2.86. The molecule has 1 aliphatic carbocycles. The second kappa shape index (κ2) is 9.74. The van der Waals surface area contributed by atoms with E-state index in [9.17, 15) is 9.59 Å². The molecule has 6 heteroatoms. The van der Waals surface area contributed by atoms with Crippen LogP contribution in [0.1, 0.15) is 51.9 Å². The summed E-state index contributed by atoms with van der Waals surface area (Å²) >= 11 is 0. The first-order valence-corrected chi connectivity index (χ1v) is 11.5. The van der Waals surface area contributed by atoms with E-state index in [1.165, 1.54) is 16.7 Å². The number of hydrogen-bond acceptors (Lipinski definition) is 4. The largest absolute Gasteiger partial charge is 0.378 e. The zero-order valence-electron chi connectivity index (χ0n) is 19.3. The second-order valence-electron chi connectivity index (χ2n) is 9.01. The van der Waals surface area contributed by atoms with Crippen molar-refractivity contribution in [2.45, 2.75) is 46.6 Å². The van der Waals surface area contributed by atoms with Crippen molar-refractivity contribution in [2.75, 3.05) is 36.5 Å². The Morgan fingerprint density at radius 1 is 1.03 bits per heavy atom. The van der Waals surface area contributed by atoms with Crippen molar-refractivity contribution in [3.63, 3.8) is 0 Å². The van der Waals surface area contributed by atoms with Gasteiger partial charge in [0.15, 0.2) is 0 Å². The van der Waals surface area contributed by atoms with Crippen LogP contribution in [0.2, 0.25) is 0 Å². The first kappa shape index (κ1) is 22.3. The van der Waals surface area contributed by atoms with E-state index in [1.54, 1.807) is 0 Å². The van der Waals surface area contributed by atoms with Crippen LogP contribution in [0, 0.1) is 26.7 Å². The molecule has 0 spiro atoms. The minimum atomic E-state index is -0.109. The van der Waals surface area contributed by atoms with E-state index in [1.807, 2.05) is 18.2 Å². The lowest BCUT2D eigenvalue weighted by Gasteiger charge is -2.31. The van der Waals surface area contributed by atoms with E-state index in [0.29, 0.717) is 25.3 Å². The highest BCUT2D eigenvalue weighted by Crippen LogP contribution is 2.30. The van der Waals surface area contributed by atoms with Gasteiger partial charge in [-0.25, -0.2) is 0 Å². The van der Waals surface area contributed by atoms with Crippen LogP contribution in [0.25, 0.3) is 0 Å². The molecule has 0 bridgehead atoms. The van der Waals surface area contributed by atoms with E-state index < -0.39 is 0 Å². The fraction of sp³-hybridized carbons (Fsp3) is 0.462. The molecule has 2 aromatic carbocycles. The molecule has 4 rings (SSSR count). The molecule has 2 N–H and O–H groups in total. The zero-order valence-corrected chi connectivity index (χ0v) is 19.3. The molecular formula is C26H33N3O3. The smallest absolute Gasteiger partial charge is 0.253 e. The fourth-order valence-electron chi connectivity index (χ4n) is 4.53. The summed E-state index contributed by atoms with van der Waals surface area (Å²) in [5.41, 5.74) is 6.96. The van der Waals surface area contributed by atoms with E-state index >= 15 is 0 Å². The number of benzene rings is 2. The van der Waals surface area contributed by atoms with Crippen molar-refractivity contribution in [1.29, 1.82) is 0 Å². The number of ether oxygens (including phenoxy) is 1. The SMILES string of the molecule is Cc1cc(C)c(CNC(=O)c2ccc(NC(=O)C3CCC3)cc2N2CCOCC2)c(C)c1. The minimum Gasteiger partial charge on any atom is -0.378 e. The molecule has 1 aliphatic heterocycles. The molecule has 2 fully saturated rings. The van der Waals surface area contributed by atoms with E-state index in [2.05, 4.69) is 48.4 Å². The Labute approximate surface area is 190 Å². The van der Waals surface area contributed by atoms with Crippen molar-refractivity contribution in [1.82, 2.24) is 5.32 Å². The van der Waals surface area contributed by atoms with Gasteiger partial charge in [0.1, 0.15) is 0 Å². The van der Waals surface area contributed by atoms with E-state index in [0.717, 1.165) is 49.3 Å². The van der Waals surface area contributed by atoms with Crippen LogP contribution >= 0.6 is 0 Å². The Bertz CT molecular complexity index is 984. The lowest BCUT2D eigenvalue weighted by Crippen LogP contribution is -2.38. The van der Waals surface area contributed by atoms with Gasteiger partial charge in [-0.3, -0.25) is 9.59 Å². The van der Waals surface area contributed by atoms with Crippen LogP contribution in [0.5, 0.6) is 0 Å². The highest BCUT2D eigenvalue weighted by Gasteiger charge is 2.26. The Balaban J connectivity index is 1.54. The molecule has 2 aromatic rings. The number of hydrogen-bond donors (Lipinski definition) is 2. The number of nitrogens with one attached hydrogen (secondary N) is 2. The zero-order chi connectivity index (χ0) is 22.7. The summed E-state index contributed by atoms with van der Waals surface area (Å²) in [7, 11) is 0. The number of nitrogens with zero attached hydrogens (tertiary/aromatic N) is 1. The molecule has 170 valence electrons. The average molecular weight is 436 g/mol. The van der Waals surface area contributed by atoms with Gasteiger partial charge in [0.2, 0.25) is 5.91 Å². The summed E-state index contributed by atoms with van der Waals surface area (Å²) in [5, 5.41) is 6.15. The summed E-state index contributed by atoms with van der Waals surface area (Å²) in [4.78, 5) is 27.8. The van der Waals surface area contributed by atoms with Crippen LogP contribution in [-0.4, -0.2) is 38.1 Å². The standard InChI is InChI=1S/C26H33N3O3/c1-17-13-18(2)23(19(3)14-17)16-27-26(31)22-8-7-21(28-25(30)20-5-4-6-20)15-24(22)29-9-11-32-12-10-29/h7-8,13-15,20H,4-6,9-12,16H2,1-3H3,(H,27,31)(H,28,30). The Kier molecular flexibility index (Phi) is 6.80. The normalized spacial score (nSPS) is 16.4. The fourth-order valence-corrected chi connectivity index (χ4v) is 4.53. The van der Waals surface area contributed by atoms with Crippen LogP contribution in [0.4, 0.5) is 11.4 Å². The third kappa shape index (κ3) is 4.96. The molecule has 0 unspecified atom stereocenters. The van der Waals surface area contributed by atoms with Gasteiger partial charge >= 0.3 is 0 Å². The number of amides is 2. The maximum Gasteiger partial charge on any atom is 0.253 e. The maximum absolute atomic E-state index is 13.2. The van der Waals surface area contributed by atoms with Gasteiger partial charge in [-0.05, 0) is 68.5 Å². The molecule has 32 heavy (non-hydrogen) atoms. The summed E-state index contributed by atoms with van der Waals surface area (Å²) in [6, 6.07) is 9.88. The molecule has 6 nitrogen and oxygen atoms in total. The van der Waals surface area contributed by atoms with Crippen molar-refractivity contribution >= 4 is 23.2 Å². The van der Waals surface area contributed by atoms with Gasteiger partial charge < -0.3 is 20.3 Å². The van der Waals surface area contributed by atoms with Gasteiger partial charge in [-0.1, -0.05) is 24.1 Å². The number of rotatable bonds is 6. The van der Waals surface area contributed by atoms with Crippen LogP contribution in [0.3, 0.4) is 0 Å². The molecular weight excluding hydrogens is 402 g/mol. The molecule has 1 heterocycles. The predicted octanol–water partition coefficient (Wildman–Crippen LogP) is 4.12. The Morgan fingerprint density at radius 3 is 2.34 bits per heavy atom. The van der Waals surface area contributed by atoms with Gasteiger partial charge in [-0.15, -0.1) is 0 Å². The lowest BCUT2D eigenvalue weighted by atomic mass is 9.85. The summed E-state index contributed by atoms with van der Waals surface area (Å²) in [6.07, 6.45) is 3.04. The molecule has 2 amide bonds. The van der Waals surface area contributed by atoms with Gasteiger partial charge in [-0.2, -0.15) is 0 Å². The third-order valence-corrected chi connectivity index (χ3v) is 6.60. The molecule has 1 saturated carbocycles. The maximum atomic E-state index is 13.2. The molecule has 0 atom stereocenters. The highest BCUT2D eigenvalue weighted by molar-refractivity contribution is 6.01. The second-order valence-corrected chi connectivity index (χ2v) is 9.01. The van der Waals surface area contributed by atoms with Gasteiger partial charge in [0.25, 0.3) is 5.91 Å². The van der Waals surface area contributed by atoms with Crippen LogP contribution in [-0.2, 0) is 16.1 Å².